The van der Waals surface area contributed by atoms with Gasteiger partial charge in [0.1, 0.15) is 16.5 Å². The molecule has 0 radical (unpaired) electrons. The third-order valence-electron chi connectivity index (χ3n) is 3.72. The van der Waals surface area contributed by atoms with Crippen LogP contribution in [0.15, 0.2) is 35.2 Å². The number of rotatable bonds is 3. The van der Waals surface area contributed by atoms with Crippen molar-refractivity contribution in [3.63, 3.8) is 0 Å². The van der Waals surface area contributed by atoms with E-state index in [9.17, 15) is 22.0 Å². The summed E-state index contributed by atoms with van der Waals surface area (Å²) in [7, 11) is -3.70. The number of ketones is 1. The Bertz CT molecular complexity index is 957. The van der Waals surface area contributed by atoms with Crippen LogP contribution >= 0.6 is 0 Å². The summed E-state index contributed by atoms with van der Waals surface area (Å²) in [5.41, 5.74) is 6.43. The van der Waals surface area contributed by atoms with Gasteiger partial charge in [0.25, 0.3) is 0 Å². The quantitative estimate of drug-likeness (QED) is 0.914. The van der Waals surface area contributed by atoms with Gasteiger partial charge in [-0.15, -0.1) is 0 Å². The van der Waals surface area contributed by atoms with E-state index >= 15 is 0 Å². The molecule has 0 spiro atoms. The number of carbonyl (C=O) groups is 1. The van der Waals surface area contributed by atoms with Crippen molar-refractivity contribution in [3.05, 3.63) is 53.1 Å². The first-order chi connectivity index (χ1) is 11.2. The number of halogens is 2. The molecule has 0 fully saturated rings. The van der Waals surface area contributed by atoms with E-state index in [1.54, 1.807) is 0 Å². The summed E-state index contributed by atoms with van der Waals surface area (Å²) in [6, 6.07) is 4.44. The average Bonchev–Trinajstić information content (AvgIpc) is 2.75. The lowest BCUT2D eigenvalue weighted by Gasteiger charge is -2.12. The van der Waals surface area contributed by atoms with Crippen molar-refractivity contribution >= 4 is 15.6 Å². The number of hydrogen-bond acceptors (Lipinski definition) is 5. The van der Waals surface area contributed by atoms with Crippen LogP contribution in [0.1, 0.15) is 15.9 Å². The van der Waals surface area contributed by atoms with Crippen molar-refractivity contribution in [3.8, 4) is 11.5 Å². The summed E-state index contributed by atoms with van der Waals surface area (Å²) in [5.74, 6) is -2.68. The van der Waals surface area contributed by atoms with E-state index in [0.29, 0.717) is 11.6 Å². The van der Waals surface area contributed by atoms with Crippen LogP contribution in [0.25, 0.3) is 0 Å². The molecule has 3 rings (SSSR count). The molecule has 0 bridgehead atoms. The topological polar surface area (TPSA) is 86.5 Å². The molecule has 1 aliphatic carbocycles. The van der Waals surface area contributed by atoms with Gasteiger partial charge >= 0.3 is 0 Å². The molecular formula is C16H13F2NO4S. The number of nitrogens with two attached hydrogens (primary N) is 1. The van der Waals surface area contributed by atoms with Crippen molar-refractivity contribution in [2.45, 2.75) is 17.4 Å². The molecule has 0 saturated carbocycles. The summed E-state index contributed by atoms with van der Waals surface area (Å²) in [6.45, 7) is 0. The van der Waals surface area contributed by atoms with Gasteiger partial charge in [-0.05, 0) is 36.2 Å². The fourth-order valence-corrected chi connectivity index (χ4v) is 3.40. The van der Waals surface area contributed by atoms with Crippen LogP contribution in [-0.4, -0.2) is 26.5 Å². The lowest BCUT2D eigenvalue weighted by molar-refractivity contribution is 0.0974. The predicted octanol–water partition coefficient (Wildman–Crippen LogP) is 2.23. The molecule has 5 nitrogen and oxygen atoms in total. The van der Waals surface area contributed by atoms with Gasteiger partial charge in [0.15, 0.2) is 27.2 Å². The highest BCUT2D eigenvalue weighted by Gasteiger charge is 2.31. The molecule has 1 aliphatic rings. The lowest BCUT2D eigenvalue weighted by atomic mass is 10.1. The fraction of sp³-hybridized carbons (Fsp3) is 0.188. The van der Waals surface area contributed by atoms with E-state index in [4.69, 9.17) is 10.5 Å². The fourth-order valence-electron chi connectivity index (χ4n) is 2.58. The minimum Gasteiger partial charge on any atom is -0.453 e. The Labute approximate surface area is 137 Å². The van der Waals surface area contributed by atoms with Gasteiger partial charge < -0.3 is 10.5 Å². The maximum absolute atomic E-state index is 13.8. The van der Waals surface area contributed by atoms with Gasteiger partial charge in [0.05, 0.1) is 6.04 Å². The molecule has 2 N–H and O–H groups in total. The molecule has 0 saturated heterocycles. The van der Waals surface area contributed by atoms with Gasteiger partial charge in [-0.2, -0.15) is 0 Å². The first-order valence-electron chi connectivity index (χ1n) is 6.96. The zero-order valence-corrected chi connectivity index (χ0v) is 13.4. The van der Waals surface area contributed by atoms with E-state index in [1.165, 1.54) is 12.1 Å². The highest BCUT2D eigenvalue weighted by molar-refractivity contribution is 7.90. The molecule has 126 valence electrons. The van der Waals surface area contributed by atoms with Crippen LogP contribution in [0.3, 0.4) is 0 Å². The molecular weight excluding hydrogens is 340 g/mol. The molecule has 24 heavy (non-hydrogen) atoms. The summed E-state index contributed by atoms with van der Waals surface area (Å²) < 4.78 is 56.1. The van der Waals surface area contributed by atoms with Gasteiger partial charge in [-0.3, -0.25) is 4.79 Å². The van der Waals surface area contributed by atoms with Crippen molar-refractivity contribution < 1.29 is 26.7 Å². The van der Waals surface area contributed by atoms with Crippen molar-refractivity contribution in [1.29, 1.82) is 0 Å². The Morgan fingerprint density at radius 1 is 1.17 bits per heavy atom. The van der Waals surface area contributed by atoms with Crippen LogP contribution in [0.2, 0.25) is 0 Å². The molecule has 0 amide bonds. The van der Waals surface area contributed by atoms with Crippen LogP contribution in [0.5, 0.6) is 11.5 Å². The van der Waals surface area contributed by atoms with E-state index in [2.05, 4.69) is 0 Å². The smallest absolute Gasteiger partial charge is 0.180 e. The molecule has 8 heteroatoms. The number of benzene rings is 2. The normalized spacial score (nSPS) is 17.0. The van der Waals surface area contributed by atoms with Gasteiger partial charge in [-0.1, -0.05) is 0 Å². The van der Waals surface area contributed by atoms with Crippen molar-refractivity contribution in [1.82, 2.24) is 0 Å². The first kappa shape index (κ1) is 16.5. The molecule has 0 heterocycles. The van der Waals surface area contributed by atoms with Crippen LogP contribution in [-0.2, 0) is 16.3 Å². The first-order valence-corrected chi connectivity index (χ1v) is 8.85. The molecule has 1 atom stereocenters. The maximum Gasteiger partial charge on any atom is 0.180 e. The minimum absolute atomic E-state index is 0.188. The monoisotopic (exact) mass is 353 g/mol. The second-order valence-corrected chi connectivity index (χ2v) is 7.56. The number of hydrogen-bond donors (Lipinski definition) is 1. The van der Waals surface area contributed by atoms with E-state index in [1.807, 2.05) is 0 Å². The summed E-state index contributed by atoms with van der Waals surface area (Å²) in [6.07, 6.45) is 1.20. The van der Waals surface area contributed by atoms with E-state index in [-0.39, 0.29) is 34.2 Å². The zero-order chi connectivity index (χ0) is 17.6. The lowest BCUT2D eigenvalue weighted by Crippen LogP contribution is -2.26. The SMILES string of the molecule is CS(=O)(=O)c1cc2c(cc1Oc1ccc(F)cc1F)C(=O)C(N)C2. The Balaban J connectivity index is 2.14. The number of sulfone groups is 1. The Kier molecular flexibility index (Phi) is 3.89. The molecule has 0 aromatic heterocycles. The Morgan fingerprint density at radius 2 is 1.88 bits per heavy atom. The maximum atomic E-state index is 13.8. The van der Waals surface area contributed by atoms with Gasteiger partial charge in [0.2, 0.25) is 0 Å². The third-order valence-corrected chi connectivity index (χ3v) is 4.84. The highest BCUT2D eigenvalue weighted by Crippen LogP contribution is 2.36. The highest BCUT2D eigenvalue weighted by atomic mass is 32.2. The van der Waals surface area contributed by atoms with Crippen molar-refractivity contribution in [2.24, 2.45) is 5.73 Å². The van der Waals surface area contributed by atoms with Gasteiger partial charge in [0, 0.05) is 17.9 Å². The van der Waals surface area contributed by atoms with Crippen LogP contribution in [0.4, 0.5) is 8.78 Å². The van der Waals surface area contributed by atoms with Crippen LogP contribution < -0.4 is 10.5 Å². The molecule has 2 aromatic rings. The second-order valence-electron chi connectivity index (χ2n) is 5.58. The van der Waals surface area contributed by atoms with Crippen LogP contribution in [0, 0.1) is 11.6 Å². The molecule has 0 aliphatic heterocycles. The number of carbonyl (C=O) groups excluding carboxylic acids is 1. The molecule has 1 unspecified atom stereocenters. The average molecular weight is 353 g/mol. The standard InChI is InChI=1S/C16H13F2NO4S/c1-24(21,22)15-5-8-4-12(19)16(20)10(8)7-14(15)23-13-3-2-9(17)6-11(13)18/h2-3,5-7,12H,4,19H2,1H3. The number of ether oxygens (including phenoxy) is 1. The number of Topliss-reactive ketones (excluding diaryl/α,β-unsaturated/α-hetero) is 1. The Hall–Kier alpha value is -2.32. The van der Waals surface area contributed by atoms with E-state index < -0.39 is 27.5 Å². The number of fused-ring (bicyclic) bond motifs is 1. The Morgan fingerprint density at radius 3 is 2.50 bits per heavy atom. The van der Waals surface area contributed by atoms with E-state index in [0.717, 1.165) is 18.4 Å². The van der Waals surface area contributed by atoms with Crippen molar-refractivity contribution in [2.75, 3.05) is 6.26 Å². The summed E-state index contributed by atoms with van der Waals surface area (Å²) in [4.78, 5) is 11.8. The summed E-state index contributed by atoms with van der Waals surface area (Å²) >= 11 is 0. The zero-order valence-electron chi connectivity index (χ0n) is 12.5. The largest absolute Gasteiger partial charge is 0.453 e. The summed E-state index contributed by atoms with van der Waals surface area (Å²) in [5, 5.41) is 0. The van der Waals surface area contributed by atoms with Gasteiger partial charge in [-0.25, -0.2) is 17.2 Å². The molecule has 2 aromatic carbocycles. The third kappa shape index (κ3) is 2.90. The predicted molar refractivity (Wildman–Crippen MR) is 82.0 cm³/mol. The minimum atomic E-state index is -3.70. The second kappa shape index (κ2) is 5.64.